The van der Waals surface area contributed by atoms with Crippen molar-refractivity contribution in [3.05, 3.63) is 59.1 Å². The van der Waals surface area contributed by atoms with Gasteiger partial charge >= 0.3 is 0 Å². The normalized spacial score (nSPS) is 16.9. The predicted octanol–water partition coefficient (Wildman–Crippen LogP) is 5.55. The number of hydrazone groups is 1. The van der Waals surface area contributed by atoms with Crippen molar-refractivity contribution in [2.75, 3.05) is 10.8 Å². The molecule has 0 bridgehead atoms. The number of carbonyl (C=O) groups is 1. The van der Waals surface area contributed by atoms with Gasteiger partial charge < -0.3 is 0 Å². The van der Waals surface area contributed by atoms with Crippen molar-refractivity contribution in [1.29, 1.82) is 0 Å². The summed E-state index contributed by atoms with van der Waals surface area (Å²) in [4.78, 5) is 12.9. The predicted molar refractivity (Wildman–Crippen MR) is 134 cm³/mol. The largest absolute Gasteiger partial charge is 0.271 e. The first kappa shape index (κ1) is 25.2. The highest BCUT2D eigenvalue weighted by molar-refractivity contribution is 7.92. The van der Waals surface area contributed by atoms with Gasteiger partial charge in [-0.05, 0) is 80.3 Å². The van der Waals surface area contributed by atoms with Gasteiger partial charge in [0.15, 0.2) is 0 Å². The van der Waals surface area contributed by atoms with Gasteiger partial charge in [0.25, 0.3) is 15.9 Å². The number of rotatable bonds is 6. The van der Waals surface area contributed by atoms with Crippen LogP contribution in [0.5, 0.6) is 0 Å². The average Bonchev–Trinajstić information content (AvgIpc) is 2.77. The molecule has 0 spiro atoms. The number of anilines is 1. The molecular weight excluding hydrogens is 458 g/mol. The van der Waals surface area contributed by atoms with Gasteiger partial charge in [0.05, 0.1) is 10.6 Å². The van der Waals surface area contributed by atoms with Crippen molar-refractivity contribution < 1.29 is 13.2 Å². The minimum atomic E-state index is -3.96. The first-order valence-electron chi connectivity index (χ1n) is 11.2. The van der Waals surface area contributed by atoms with Crippen LogP contribution in [0.2, 0.25) is 5.02 Å². The van der Waals surface area contributed by atoms with Gasteiger partial charge in [-0.3, -0.25) is 9.10 Å². The van der Waals surface area contributed by atoms with E-state index in [0.717, 1.165) is 41.3 Å². The van der Waals surface area contributed by atoms with E-state index in [1.807, 2.05) is 6.92 Å². The molecule has 1 fully saturated rings. The summed E-state index contributed by atoms with van der Waals surface area (Å²) in [7, 11) is -3.96. The Bertz CT molecular complexity index is 1100. The molecule has 1 aliphatic rings. The van der Waals surface area contributed by atoms with Crippen LogP contribution in [0.15, 0.2) is 58.5 Å². The third kappa shape index (κ3) is 6.58. The number of hydrogen-bond acceptors (Lipinski definition) is 4. The van der Waals surface area contributed by atoms with Gasteiger partial charge in [-0.25, -0.2) is 13.8 Å². The Kier molecular flexibility index (Phi) is 7.85. The molecule has 1 amide bonds. The molecule has 178 valence electrons. The summed E-state index contributed by atoms with van der Waals surface area (Å²) in [5.41, 5.74) is 5.08. The molecule has 0 aliphatic heterocycles. The molecule has 1 aliphatic carbocycles. The van der Waals surface area contributed by atoms with Crippen LogP contribution >= 0.6 is 11.6 Å². The highest BCUT2D eigenvalue weighted by Gasteiger charge is 2.29. The van der Waals surface area contributed by atoms with E-state index in [9.17, 15) is 13.2 Å². The van der Waals surface area contributed by atoms with Crippen LogP contribution < -0.4 is 9.73 Å². The van der Waals surface area contributed by atoms with Crippen LogP contribution in [0.1, 0.15) is 52.0 Å². The number of hydrogen-bond donors (Lipinski definition) is 1. The summed E-state index contributed by atoms with van der Waals surface area (Å²) in [5, 5.41) is 4.78. The maximum Gasteiger partial charge on any atom is 0.264 e. The summed E-state index contributed by atoms with van der Waals surface area (Å²) < 4.78 is 27.8. The molecule has 0 unspecified atom stereocenters. The van der Waals surface area contributed by atoms with Gasteiger partial charge in [0, 0.05) is 10.7 Å². The third-order valence-corrected chi connectivity index (χ3v) is 8.18. The zero-order chi connectivity index (χ0) is 24.2. The number of sulfonamides is 1. The fraction of sp³-hybridized carbons (Fsp3) is 0.440. The lowest BCUT2D eigenvalue weighted by atomic mass is 9.72. The molecule has 0 saturated heterocycles. The third-order valence-electron chi connectivity index (χ3n) is 6.14. The number of carbonyl (C=O) groups excluding carboxylic acids is 1. The molecule has 2 aromatic carbocycles. The molecule has 0 atom stereocenters. The Morgan fingerprint density at radius 1 is 1.06 bits per heavy atom. The number of nitrogens with zero attached hydrogens (tertiary/aromatic N) is 2. The van der Waals surface area contributed by atoms with E-state index in [-0.39, 0.29) is 16.9 Å². The Balaban J connectivity index is 1.76. The Morgan fingerprint density at radius 2 is 1.64 bits per heavy atom. The monoisotopic (exact) mass is 489 g/mol. The fourth-order valence-corrected chi connectivity index (χ4v) is 5.54. The van der Waals surface area contributed by atoms with Crippen molar-refractivity contribution in [2.45, 2.75) is 58.3 Å². The number of halogens is 1. The molecular formula is C25H32ClN3O3S. The minimum absolute atomic E-state index is 0.114. The van der Waals surface area contributed by atoms with Crippen LogP contribution in [0.4, 0.5) is 5.69 Å². The molecule has 8 heteroatoms. The molecule has 0 aromatic heterocycles. The second kappa shape index (κ2) is 10.3. The minimum Gasteiger partial charge on any atom is -0.271 e. The maximum atomic E-state index is 13.4. The molecule has 2 aromatic rings. The lowest BCUT2D eigenvalue weighted by Crippen LogP contribution is -2.40. The molecule has 6 nitrogen and oxygen atoms in total. The first-order valence-corrected chi connectivity index (χ1v) is 13.0. The first-order chi connectivity index (χ1) is 15.5. The van der Waals surface area contributed by atoms with Crippen molar-refractivity contribution in [3.8, 4) is 0 Å². The second-order valence-corrected chi connectivity index (χ2v) is 12.0. The van der Waals surface area contributed by atoms with E-state index >= 15 is 0 Å². The van der Waals surface area contributed by atoms with Gasteiger partial charge in [-0.2, -0.15) is 5.10 Å². The SMILES string of the molecule is Cc1ccc(S(=O)(=O)N(CC(=O)NN=C2CCC(C(C)(C)C)CC2)c2ccc(Cl)cc2)cc1. The number of benzene rings is 2. The number of nitrogens with one attached hydrogen (secondary N) is 1. The van der Waals surface area contributed by atoms with Gasteiger partial charge in [0.2, 0.25) is 0 Å². The number of amides is 1. The van der Waals surface area contributed by atoms with E-state index in [4.69, 9.17) is 11.6 Å². The summed E-state index contributed by atoms with van der Waals surface area (Å²) >= 11 is 5.98. The van der Waals surface area contributed by atoms with E-state index in [1.54, 1.807) is 48.5 Å². The van der Waals surface area contributed by atoms with Crippen LogP contribution in [0.25, 0.3) is 0 Å². The zero-order valence-electron chi connectivity index (χ0n) is 19.6. The number of aryl methyl sites for hydroxylation is 1. The van der Waals surface area contributed by atoms with E-state index in [1.165, 1.54) is 0 Å². The van der Waals surface area contributed by atoms with Crippen molar-refractivity contribution in [2.24, 2.45) is 16.4 Å². The van der Waals surface area contributed by atoms with Crippen LogP contribution in [-0.2, 0) is 14.8 Å². The molecule has 33 heavy (non-hydrogen) atoms. The second-order valence-electron chi connectivity index (χ2n) is 9.65. The zero-order valence-corrected chi connectivity index (χ0v) is 21.2. The average molecular weight is 490 g/mol. The fourth-order valence-electron chi connectivity index (χ4n) is 4.00. The molecule has 0 radical (unpaired) electrons. The Hall–Kier alpha value is -2.38. The van der Waals surface area contributed by atoms with E-state index in [0.29, 0.717) is 16.6 Å². The van der Waals surface area contributed by atoms with Crippen LogP contribution in [0.3, 0.4) is 0 Å². The topological polar surface area (TPSA) is 78.8 Å². The molecule has 1 N–H and O–H groups in total. The lowest BCUT2D eigenvalue weighted by Gasteiger charge is -2.34. The maximum absolute atomic E-state index is 13.4. The van der Waals surface area contributed by atoms with E-state index < -0.39 is 15.9 Å². The smallest absolute Gasteiger partial charge is 0.264 e. The van der Waals surface area contributed by atoms with Crippen molar-refractivity contribution in [1.82, 2.24) is 5.43 Å². The highest BCUT2D eigenvalue weighted by Crippen LogP contribution is 2.36. The Morgan fingerprint density at radius 3 is 2.18 bits per heavy atom. The van der Waals surface area contributed by atoms with Crippen LogP contribution in [-0.4, -0.2) is 26.6 Å². The van der Waals surface area contributed by atoms with Gasteiger partial charge in [-0.15, -0.1) is 0 Å². The van der Waals surface area contributed by atoms with E-state index in [2.05, 4.69) is 31.3 Å². The summed E-state index contributed by atoms with van der Waals surface area (Å²) in [6.07, 6.45) is 3.75. The molecule has 3 rings (SSSR count). The summed E-state index contributed by atoms with van der Waals surface area (Å²) in [6, 6.07) is 12.9. The molecule has 0 heterocycles. The van der Waals surface area contributed by atoms with Crippen molar-refractivity contribution >= 4 is 38.9 Å². The molecule has 1 saturated carbocycles. The quantitative estimate of drug-likeness (QED) is 0.540. The lowest BCUT2D eigenvalue weighted by molar-refractivity contribution is -0.119. The van der Waals surface area contributed by atoms with Gasteiger partial charge in [-0.1, -0.05) is 50.1 Å². The Labute approximate surface area is 202 Å². The summed E-state index contributed by atoms with van der Waals surface area (Å²) in [6.45, 7) is 8.25. The highest BCUT2D eigenvalue weighted by atomic mass is 35.5. The van der Waals surface area contributed by atoms with Crippen LogP contribution in [0, 0.1) is 18.3 Å². The van der Waals surface area contributed by atoms with Crippen molar-refractivity contribution in [3.63, 3.8) is 0 Å². The summed E-state index contributed by atoms with van der Waals surface area (Å²) in [5.74, 6) is 0.137. The van der Waals surface area contributed by atoms with Gasteiger partial charge in [0.1, 0.15) is 6.54 Å². The standard InChI is InChI=1S/C25H32ClN3O3S/c1-18-5-15-23(16-6-18)33(31,32)29(22-13-9-20(26)10-14-22)17-24(30)28-27-21-11-7-19(8-12-21)25(2,3)4/h5-6,9-10,13-16,19H,7-8,11-12,17H2,1-4H3,(H,28,30).